The molecule has 0 aromatic carbocycles. The Balaban J connectivity index is 0.000000190. The van der Waals surface area contributed by atoms with Gasteiger partial charge in [0, 0.05) is 35.3 Å². The summed E-state index contributed by atoms with van der Waals surface area (Å²) >= 11 is 0. The molecule has 2 amide bonds. The van der Waals surface area contributed by atoms with Gasteiger partial charge in [0.2, 0.25) is 5.96 Å². The van der Waals surface area contributed by atoms with E-state index >= 15 is 0 Å². The first-order valence-electron chi connectivity index (χ1n) is 15.7. The van der Waals surface area contributed by atoms with Crippen molar-refractivity contribution in [1.29, 1.82) is 0 Å². The van der Waals surface area contributed by atoms with Crippen LogP contribution in [0.15, 0.2) is 56.6 Å². The summed E-state index contributed by atoms with van der Waals surface area (Å²) in [6.45, 7) is 1.88. The van der Waals surface area contributed by atoms with E-state index in [4.69, 9.17) is 25.3 Å². The molecule has 8 atom stereocenters. The Kier molecular flexibility index (Phi) is 11.4. The van der Waals surface area contributed by atoms with Crippen molar-refractivity contribution in [2.45, 2.75) is 61.9 Å². The first-order chi connectivity index (χ1) is 25.1. The fourth-order valence-electron chi connectivity index (χ4n) is 6.63. The molecule has 4 aliphatic rings. The Bertz CT molecular complexity index is 2270. The molecule has 54 heavy (non-hydrogen) atoms. The minimum absolute atomic E-state index is 0. The number of rotatable bonds is 4. The number of nitrogens with two attached hydrogens (primary N) is 1. The average Bonchev–Trinajstić information content (AvgIpc) is 3.70. The van der Waals surface area contributed by atoms with E-state index in [9.17, 15) is 45.0 Å². The molecule has 8 heterocycles. The molecule has 8 rings (SSSR count). The number of carbonyl (C=O) groups is 1. The summed E-state index contributed by atoms with van der Waals surface area (Å²) in [4.78, 5) is 55.3. The molecule has 4 aromatic heterocycles. The zero-order valence-electron chi connectivity index (χ0n) is 28.6. The van der Waals surface area contributed by atoms with E-state index in [-0.39, 0.29) is 53.0 Å². The molecule has 23 nitrogen and oxygen atoms in total. The number of aromatic nitrogens is 4. The number of carbonyl (C=O) groups excluding carboxylic acids is 1. The van der Waals surface area contributed by atoms with Crippen LogP contribution in [-0.2, 0) is 9.47 Å². The molecule has 282 valence electrons. The Labute approximate surface area is 323 Å². The number of nitrogens with zero attached hydrogens (tertiary/aromatic N) is 6. The van der Waals surface area contributed by atoms with Gasteiger partial charge in [0.1, 0.15) is 58.9 Å². The van der Waals surface area contributed by atoms with Crippen molar-refractivity contribution in [2.24, 2.45) is 16.1 Å². The minimum Gasteiger partial charge on any atom is -0.444 e. The van der Waals surface area contributed by atoms with Gasteiger partial charge in [0.05, 0.1) is 24.0 Å². The van der Waals surface area contributed by atoms with E-state index in [1.54, 1.807) is 18.5 Å². The SMILES string of the molecule is C[C@@]1(O)[C@H](O)[C@@H](CO)O[C@H]1n1cc2ccc(=O)nc3c2c1N=C(N)N3.C[C@@]1(O)[C@H](O)[C@@H](CO)O[C@H]1n1cc2ccc(=O)nc3c2c1NC(=O)N3.O=N[O-].[Na+]. The van der Waals surface area contributed by atoms with Gasteiger partial charge in [-0.1, -0.05) is 0 Å². The van der Waals surface area contributed by atoms with Crippen LogP contribution in [0.25, 0.3) is 21.5 Å². The van der Waals surface area contributed by atoms with Crippen LogP contribution < -0.4 is 62.4 Å². The Hall–Kier alpha value is -4.66. The summed E-state index contributed by atoms with van der Waals surface area (Å²) in [5.74, 6) is 0.986. The molecule has 2 fully saturated rings. The number of hydrogen-bond donors (Lipinski definition) is 10. The smallest absolute Gasteiger partial charge is 0.444 e. The quantitative estimate of drug-likeness (QED) is 0.0531. The number of aliphatic hydroxyl groups excluding tert-OH is 4. The number of nitrogens with one attached hydrogen (secondary N) is 3. The molecule has 0 aliphatic carbocycles. The van der Waals surface area contributed by atoms with E-state index < -0.39 is 78.4 Å². The molecule has 4 aromatic rings. The standard InChI is InChI=1S/C15H17N5O5.C15H16N4O6.HNO2.Na/c1-15(24)10(23)7(5-21)25-13(15)20-4-6-2-3-8(22)17-11-9(6)12(20)19-14(16)18-11;1-15(24)10(22)7(5-20)25-13(15)19-4-6-2-3-8(21)16-11-9(6)12(19)18-14(23)17-11;2-1-3;/h2-4,7,10,13,21,23-24H,5H2,1H3,(H3,16,17,18,19,22);2-4,7,10,13,20,22,24H,5H2,1H3,(H2,16,17,18,21,23);(H,2,3);/q;;;+1/p-1/t2*7-,10-,13-,15-;;/m11../s1. The maximum Gasteiger partial charge on any atom is 1.00 e. The molecule has 4 aliphatic heterocycles. The second-order valence-electron chi connectivity index (χ2n) is 12.7. The normalized spacial score (nSPS) is 29.0. The van der Waals surface area contributed by atoms with Crippen molar-refractivity contribution in [2.75, 3.05) is 29.2 Å². The van der Waals surface area contributed by atoms with Crippen molar-refractivity contribution in [3.8, 4) is 0 Å². The molecule has 0 spiro atoms. The monoisotopic (exact) mass is 764 g/mol. The van der Waals surface area contributed by atoms with Gasteiger partial charge in [-0.15, -0.1) is 5.34 Å². The second kappa shape index (κ2) is 15.2. The third-order valence-corrected chi connectivity index (χ3v) is 9.14. The molecule has 0 bridgehead atoms. The summed E-state index contributed by atoms with van der Waals surface area (Å²) in [7, 11) is 0. The Morgan fingerprint density at radius 2 is 1.30 bits per heavy atom. The number of ether oxygens (including phenoxy) is 2. The third kappa shape index (κ3) is 6.90. The maximum absolute atomic E-state index is 11.9. The van der Waals surface area contributed by atoms with E-state index in [0.717, 1.165) is 5.34 Å². The largest absolute Gasteiger partial charge is 1.00 e. The van der Waals surface area contributed by atoms with Crippen molar-refractivity contribution < 1.29 is 74.5 Å². The van der Waals surface area contributed by atoms with Crippen LogP contribution >= 0.6 is 0 Å². The molecule has 24 heteroatoms. The van der Waals surface area contributed by atoms with Gasteiger partial charge in [-0.3, -0.25) is 20.2 Å². The van der Waals surface area contributed by atoms with Gasteiger partial charge in [0.15, 0.2) is 12.5 Å². The zero-order valence-corrected chi connectivity index (χ0v) is 30.6. The van der Waals surface area contributed by atoms with Gasteiger partial charge >= 0.3 is 35.6 Å². The van der Waals surface area contributed by atoms with E-state index in [2.05, 4.69) is 30.9 Å². The Morgan fingerprint density at radius 1 is 0.833 bits per heavy atom. The molecular formula is C30H33N10NaO13. The predicted octanol–water partition coefficient (Wildman–Crippen LogP) is -4.62. The molecule has 11 N–H and O–H groups in total. The van der Waals surface area contributed by atoms with Gasteiger partial charge in [-0.25, -0.2) is 4.79 Å². The molecule has 0 unspecified atom stereocenters. The van der Waals surface area contributed by atoms with Gasteiger partial charge in [-0.2, -0.15) is 15.0 Å². The maximum atomic E-state index is 11.9. The number of aliphatic hydroxyl groups is 6. The number of urea groups is 1. The van der Waals surface area contributed by atoms with Gasteiger partial charge in [0.25, 0.3) is 11.1 Å². The zero-order chi connectivity index (χ0) is 38.6. The molecular weight excluding hydrogens is 731 g/mol. The van der Waals surface area contributed by atoms with Gasteiger partial charge < -0.3 is 70.4 Å². The van der Waals surface area contributed by atoms with Crippen LogP contribution in [0.4, 0.5) is 28.1 Å². The topological polar surface area (TPSA) is 354 Å². The number of anilines is 3. The van der Waals surface area contributed by atoms with E-state index in [1.807, 2.05) is 0 Å². The number of guanidine groups is 1. The summed E-state index contributed by atoms with van der Waals surface area (Å²) in [6.07, 6.45) is -3.39. The molecule has 0 radical (unpaired) electrons. The average molecular weight is 765 g/mol. The first kappa shape index (κ1) is 40.5. The van der Waals surface area contributed by atoms with Crippen molar-refractivity contribution in [1.82, 2.24) is 19.1 Å². The molecule has 0 saturated carbocycles. The number of hydrogen-bond acceptors (Lipinski definition) is 19. The van der Waals surface area contributed by atoms with Gasteiger partial charge in [-0.05, 0) is 26.0 Å². The van der Waals surface area contributed by atoms with Crippen molar-refractivity contribution in [3.63, 3.8) is 0 Å². The number of aliphatic imine (C=N–C) groups is 1. The third-order valence-electron chi connectivity index (χ3n) is 9.14. The van der Waals surface area contributed by atoms with E-state index in [0.29, 0.717) is 27.4 Å². The van der Waals surface area contributed by atoms with Crippen LogP contribution in [-0.4, -0.2) is 111 Å². The fourth-order valence-corrected chi connectivity index (χ4v) is 6.63. The van der Waals surface area contributed by atoms with E-state index in [1.165, 1.54) is 41.2 Å². The summed E-state index contributed by atoms with van der Waals surface area (Å²) in [6, 6.07) is 5.09. The second-order valence-corrected chi connectivity index (χ2v) is 12.7. The van der Waals surface area contributed by atoms with Crippen LogP contribution in [0.3, 0.4) is 0 Å². The molecule has 2 saturated heterocycles. The van der Waals surface area contributed by atoms with Crippen molar-refractivity contribution in [3.05, 3.63) is 67.5 Å². The van der Waals surface area contributed by atoms with Crippen LogP contribution in [0, 0.1) is 10.1 Å². The summed E-state index contributed by atoms with van der Waals surface area (Å²) in [5, 5.41) is 79.5. The van der Waals surface area contributed by atoms with Crippen LogP contribution in [0.2, 0.25) is 0 Å². The fraction of sp³-hybridized carbons (Fsp3) is 0.400. The minimum atomic E-state index is -1.71. The number of amides is 2. The Morgan fingerprint density at radius 3 is 1.80 bits per heavy atom. The summed E-state index contributed by atoms with van der Waals surface area (Å²) in [5.41, 5.74) is 1.45. The van der Waals surface area contributed by atoms with Crippen LogP contribution in [0.5, 0.6) is 0 Å². The predicted molar refractivity (Wildman–Crippen MR) is 184 cm³/mol. The first-order valence-corrected chi connectivity index (χ1v) is 15.7. The van der Waals surface area contributed by atoms with Crippen molar-refractivity contribution >= 4 is 56.8 Å². The van der Waals surface area contributed by atoms with Crippen LogP contribution in [0.1, 0.15) is 26.3 Å². The summed E-state index contributed by atoms with van der Waals surface area (Å²) < 4.78 is 14.2.